The number of aromatic nitrogens is 2. The molecular weight excluding hydrogens is 198 g/mol. The minimum atomic E-state index is -0.917. The number of hydrogen-bond acceptors (Lipinski definition) is 3. The Bertz CT molecular complexity index is 388. The molecule has 6 nitrogen and oxygen atoms in total. The third-order valence-electron chi connectivity index (χ3n) is 2.64. The average Bonchev–Trinajstić information content (AvgIpc) is 2.60. The van der Waals surface area contributed by atoms with Gasteiger partial charge in [0.25, 0.3) is 0 Å². The number of fused-ring (bicyclic) bond motifs is 1. The largest absolute Gasteiger partial charge is 0.465 e. The van der Waals surface area contributed by atoms with Crippen LogP contribution in [-0.4, -0.2) is 37.3 Å². The van der Waals surface area contributed by atoms with Crippen molar-refractivity contribution in [3.05, 3.63) is 17.7 Å². The highest BCUT2D eigenvalue weighted by molar-refractivity contribution is 5.65. The van der Waals surface area contributed by atoms with E-state index in [9.17, 15) is 4.79 Å². The van der Waals surface area contributed by atoms with E-state index in [4.69, 9.17) is 10.2 Å². The summed E-state index contributed by atoms with van der Waals surface area (Å²) in [6, 6.07) is 0.0227. The second-order valence-corrected chi connectivity index (χ2v) is 3.71. The van der Waals surface area contributed by atoms with Gasteiger partial charge in [-0.05, 0) is 6.92 Å². The average molecular weight is 211 g/mol. The monoisotopic (exact) mass is 211 g/mol. The summed E-state index contributed by atoms with van der Waals surface area (Å²) in [5.74, 6) is 0.600. The number of amides is 1. The van der Waals surface area contributed by atoms with Gasteiger partial charge in [0.05, 0.1) is 24.5 Å². The maximum absolute atomic E-state index is 10.8. The molecule has 0 aromatic carbocycles. The molecule has 1 aliphatic heterocycles. The van der Waals surface area contributed by atoms with Crippen LogP contribution in [0.2, 0.25) is 0 Å². The van der Waals surface area contributed by atoms with Crippen molar-refractivity contribution >= 4 is 6.09 Å². The van der Waals surface area contributed by atoms with Crippen molar-refractivity contribution in [2.45, 2.75) is 26.1 Å². The first-order valence-corrected chi connectivity index (χ1v) is 4.77. The molecule has 1 unspecified atom stereocenters. The van der Waals surface area contributed by atoms with Crippen LogP contribution in [0, 0.1) is 0 Å². The van der Waals surface area contributed by atoms with Crippen LogP contribution >= 0.6 is 0 Å². The Labute approximate surface area is 86.8 Å². The van der Waals surface area contributed by atoms with Crippen LogP contribution in [0.5, 0.6) is 0 Å². The molecule has 6 heteroatoms. The molecule has 0 spiro atoms. The van der Waals surface area contributed by atoms with Crippen molar-refractivity contribution in [2.75, 3.05) is 6.54 Å². The fraction of sp³-hybridized carbons (Fsp3) is 0.556. The summed E-state index contributed by atoms with van der Waals surface area (Å²) in [5, 5.41) is 18.0. The van der Waals surface area contributed by atoms with Gasteiger partial charge < -0.3 is 19.7 Å². The Morgan fingerprint density at radius 1 is 1.73 bits per heavy atom. The van der Waals surface area contributed by atoms with E-state index in [1.54, 1.807) is 6.20 Å². The summed E-state index contributed by atoms with van der Waals surface area (Å²) in [6.07, 6.45) is 0.705. The number of imidazole rings is 1. The molecule has 15 heavy (non-hydrogen) atoms. The van der Waals surface area contributed by atoms with Gasteiger partial charge in [0, 0.05) is 6.54 Å². The number of carboxylic acid groups (broad SMARTS) is 1. The quantitative estimate of drug-likeness (QED) is 0.706. The zero-order valence-corrected chi connectivity index (χ0v) is 8.42. The molecule has 1 atom stereocenters. The van der Waals surface area contributed by atoms with Crippen LogP contribution < -0.4 is 0 Å². The summed E-state index contributed by atoms with van der Waals surface area (Å²) in [6.45, 7) is 2.58. The van der Waals surface area contributed by atoms with Gasteiger partial charge in [-0.25, -0.2) is 9.78 Å². The molecule has 0 radical (unpaired) electrons. The van der Waals surface area contributed by atoms with Gasteiger partial charge >= 0.3 is 6.09 Å². The van der Waals surface area contributed by atoms with Crippen molar-refractivity contribution in [1.82, 2.24) is 14.5 Å². The highest BCUT2D eigenvalue weighted by atomic mass is 16.4. The third-order valence-corrected chi connectivity index (χ3v) is 2.64. The van der Waals surface area contributed by atoms with Crippen LogP contribution in [0.25, 0.3) is 0 Å². The summed E-state index contributed by atoms with van der Waals surface area (Å²) in [5.41, 5.74) is 0.834. The minimum Gasteiger partial charge on any atom is -0.465 e. The zero-order valence-electron chi connectivity index (χ0n) is 8.42. The van der Waals surface area contributed by atoms with E-state index >= 15 is 0 Å². The van der Waals surface area contributed by atoms with Crippen molar-refractivity contribution in [3.8, 4) is 0 Å². The second-order valence-electron chi connectivity index (χ2n) is 3.71. The summed E-state index contributed by atoms with van der Waals surface area (Å²) in [7, 11) is 0. The molecule has 0 aliphatic carbocycles. The predicted octanol–water partition coefficient (Wildman–Crippen LogP) is 0.430. The van der Waals surface area contributed by atoms with Crippen molar-refractivity contribution in [2.24, 2.45) is 0 Å². The first-order chi connectivity index (χ1) is 7.13. The van der Waals surface area contributed by atoms with E-state index in [0.29, 0.717) is 18.9 Å². The summed E-state index contributed by atoms with van der Waals surface area (Å²) < 4.78 is 1.90. The van der Waals surface area contributed by atoms with Crippen LogP contribution in [0.3, 0.4) is 0 Å². The van der Waals surface area contributed by atoms with Gasteiger partial charge in [-0.3, -0.25) is 0 Å². The summed E-state index contributed by atoms with van der Waals surface area (Å²) in [4.78, 5) is 16.2. The number of carbonyl (C=O) groups is 1. The molecule has 0 fully saturated rings. The smallest absolute Gasteiger partial charge is 0.407 e. The minimum absolute atomic E-state index is 0.0227. The lowest BCUT2D eigenvalue weighted by molar-refractivity contribution is 0.123. The lowest BCUT2D eigenvalue weighted by Gasteiger charge is -2.31. The Kier molecular flexibility index (Phi) is 2.36. The number of aliphatic hydroxyl groups excluding tert-OH is 1. The Balaban J connectivity index is 2.33. The topological polar surface area (TPSA) is 78.6 Å². The van der Waals surface area contributed by atoms with E-state index in [1.807, 2.05) is 11.5 Å². The number of rotatable bonds is 1. The second kappa shape index (κ2) is 3.54. The maximum atomic E-state index is 10.8. The number of hydrogen-bond donors (Lipinski definition) is 2. The van der Waals surface area contributed by atoms with Crippen LogP contribution in [0.4, 0.5) is 4.79 Å². The van der Waals surface area contributed by atoms with E-state index < -0.39 is 6.09 Å². The molecular formula is C9H13N3O3. The van der Waals surface area contributed by atoms with E-state index in [0.717, 1.165) is 5.69 Å². The fourth-order valence-electron chi connectivity index (χ4n) is 2.02. The van der Waals surface area contributed by atoms with Gasteiger partial charge in [0.2, 0.25) is 0 Å². The van der Waals surface area contributed by atoms with E-state index in [2.05, 4.69) is 4.98 Å². The highest BCUT2D eigenvalue weighted by Gasteiger charge is 2.27. The normalized spacial score (nSPS) is 20.1. The van der Waals surface area contributed by atoms with Crippen molar-refractivity contribution < 1.29 is 15.0 Å². The molecule has 0 saturated heterocycles. The molecule has 82 valence electrons. The Hall–Kier alpha value is -1.56. The molecule has 2 rings (SSSR count). The predicted molar refractivity (Wildman–Crippen MR) is 51.3 cm³/mol. The lowest BCUT2D eigenvalue weighted by atomic mass is 10.2. The van der Waals surface area contributed by atoms with Gasteiger partial charge in [-0.15, -0.1) is 0 Å². The molecule has 1 amide bonds. The Morgan fingerprint density at radius 2 is 2.47 bits per heavy atom. The van der Waals surface area contributed by atoms with Crippen LogP contribution in [0.15, 0.2) is 6.20 Å². The lowest BCUT2D eigenvalue weighted by Crippen LogP contribution is -2.39. The van der Waals surface area contributed by atoms with Gasteiger partial charge in [0.1, 0.15) is 12.4 Å². The first kappa shape index (κ1) is 9.97. The molecule has 2 N–H and O–H groups in total. The molecule has 1 aliphatic rings. The van der Waals surface area contributed by atoms with Gasteiger partial charge in [-0.1, -0.05) is 0 Å². The van der Waals surface area contributed by atoms with E-state index in [1.165, 1.54) is 4.90 Å². The van der Waals surface area contributed by atoms with Crippen LogP contribution in [-0.2, 0) is 13.2 Å². The molecule has 0 bridgehead atoms. The standard InChI is InChI=1S/C9H13N3O3/c1-6-3-11(9(14)15)4-7-2-10-8(5-13)12(6)7/h2,6,13H,3-5H2,1H3,(H,14,15). The first-order valence-electron chi connectivity index (χ1n) is 4.77. The number of aliphatic hydroxyl groups is 1. The van der Waals surface area contributed by atoms with Gasteiger partial charge in [0.15, 0.2) is 0 Å². The fourth-order valence-corrected chi connectivity index (χ4v) is 2.02. The SMILES string of the molecule is CC1CN(C(=O)O)Cc2cnc(CO)n21. The molecule has 0 saturated carbocycles. The zero-order chi connectivity index (χ0) is 11.0. The molecule has 2 heterocycles. The summed E-state index contributed by atoms with van der Waals surface area (Å²) >= 11 is 0. The van der Waals surface area contributed by atoms with Crippen molar-refractivity contribution in [3.63, 3.8) is 0 Å². The van der Waals surface area contributed by atoms with Gasteiger partial charge in [-0.2, -0.15) is 0 Å². The molecule has 1 aromatic heterocycles. The molecule has 1 aromatic rings. The highest BCUT2D eigenvalue weighted by Crippen LogP contribution is 2.22. The Morgan fingerprint density at radius 3 is 3.07 bits per heavy atom. The third kappa shape index (κ3) is 1.56. The number of nitrogens with zero attached hydrogens (tertiary/aromatic N) is 3. The van der Waals surface area contributed by atoms with E-state index in [-0.39, 0.29) is 12.6 Å². The van der Waals surface area contributed by atoms with Crippen LogP contribution in [0.1, 0.15) is 24.5 Å². The van der Waals surface area contributed by atoms with Crippen molar-refractivity contribution in [1.29, 1.82) is 0 Å². The maximum Gasteiger partial charge on any atom is 0.407 e.